The van der Waals surface area contributed by atoms with Crippen molar-refractivity contribution in [1.29, 1.82) is 0 Å². The Hall–Kier alpha value is -2.64. The van der Waals surface area contributed by atoms with E-state index >= 15 is 0 Å². The van der Waals surface area contributed by atoms with E-state index in [1.54, 1.807) is 13.8 Å². The zero-order valence-electron chi connectivity index (χ0n) is 14.8. The normalized spacial score (nSPS) is 20.9. The first-order chi connectivity index (χ1) is 12.3. The van der Waals surface area contributed by atoms with Gasteiger partial charge in [0.1, 0.15) is 23.1 Å². The Balaban J connectivity index is 1.87. The number of benzene rings is 2. The van der Waals surface area contributed by atoms with Gasteiger partial charge in [-0.3, -0.25) is 10.1 Å². The number of anilines is 1. The third-order valence-electron chi connectivity index (χ3n) is 4.71. The number of ether oxygens (including phenoxy) is 1. The van der Waals surface area contributed by atoms with Crippen molar-refractivity contribution in [2.75, 3.05) is 12.3 Å². The fraction of sp³-hybridized carbons (Fsp3) is 0.368. The number of nitro groups is 1. The number of nitrogen functional groups attached to an aromatic ring is 1. The molecule has 1 aliphatic rings. The lowest BCUT2D eigenvalue weighted by Crippen LogP contribution is -2.52. The molecule has 0 amide bonds. The largest absolute Gasteiger partial charge is 0.484 e. The van der Waals surface area contributed by atoms with Gasteiger partial charge in [-0.15, -0.1) is 0 Å². The number of nitrogens with zero attached hydrogens (tertiary/aromatic N) is 1. The summed E-state index contributed by atoms with van der Waals surface area (Å²) >= 11 is 0. The van der Waals surface area contributed by atoms with Gasteiger partial charge in [0.2, 0.25) is 0 Å². The summed E-state index contributed by atoms with van der Waals surface area (Å²) in [6, 6.07) is 12.4. The van der Waals surface area contributed by atoms with Gasteiger partial charge in [0, 0.05) is 5.56 Å². The number of hydrogen-bond acceptors (Lipinski definition) is 6. The molecular formula is C19H23N3O4. The highest BCUT2D eigenvalue weighted by molar-refractivity contribution is 5.65. The standard InChI is InChI=1S/C19H23N3O4/c1-19(2)18(23)17(21-9-8-12-6-4-3-5-7-12)13-10-14(20)15(22(24)25)11-16(13)26-19/h3-7,10-11,17-18,21,23H,8-9,20H2,1-2H3. The van der Waals surface area contributed by atoms with E-state index in [9.17, 15) is 15.2 Å². The molecule has 2 atom stereocenters. The van der Waals surface area contributed by atoms with Gasteiger partial charge >= 0.3 is 0 Å². The zero-order chi connectivity index (χ0) is 18.9. The molecule has 3 rings (SSSR count). The summed E-state index contributed by atoms with van der Waals surface area (Å²) in [5, 5.41) is 25.2. The van der Waals surface area contributed by atoms with Crippen LogP contribution in [0.3, 0.4) is 0 Å². The maximum Gasteiger partial charge on any atom is 0.295 e. The topological polar surface area (TPSA) is 111 Å². The lowest BCUT2D eigenvalue weighted by molar-refractivity contribution is -0.384. The Kier molecular flexibility index (Phi) is 4.84. The van der Waals surface area contributed by atoms with Crippen molar-refractivity contribution >= 4 is 11.4 Å². The first kappa shape index (κ1) is 18.2. The number of nitrogens with one attached hydrogen (secondary N) is 1. The van der Waals surface area contributed by atoms with Crippen molar-refractivity contribution in [3.63, 3.8) is 0 Å². The summed E-state index contributed by atoms with van der Waals surface area (Å²) in [4.78, 5) is 10.6. The Labute approximate surface area is 151 Å². The van der Waals surface area contributed by atoms with E-state index in [2.05, 4.69) is 5.32 Å². The van der Waals surface area contributed by atoms with E-state index in [1.165, 1.54) is 17.7 Å². The van der Waals surface area contributed by atoms with Crippen LogP contribution in [0.1, 0.15) is 31.0 Å². The monoisotopic (exact) mass is 357 g/mol. The number of fused-ring (bicyclic) bond motifs is 1. The summed E-state index contributed by atoms with van der Waals surface area (Å²) in [5.41, 5.74) is 6.62. The first-order valence-corrected chi connectivity index (χ1v) is 8.52. The smallest absolute Gasteiger partial charge is 0.295 e. The van der Waals surface area contributed by atoms with Crippen molar-refractivity contribution in [3.05, 3.63) is 63.7 Å². The maximum atomic E-state index is 11.1. The number of aliphatic hydroxyl groups excluding tert-OH is 1. The Morgan fingerprint density at radius 2 is 2.00 bits per heavy atom. The number of rotatable bonds is 5. The predicted molar refractivity (Wildman–Crippen MR) is 99.1 cm³/mol. The van der Waals surface area contributed by atoms with Crippen LogP contribution in [0, 0.1) is 10.1 Å². The fourth-order valence-corrected chi connectivity index (χ4v) is 3.25. The van der Waals surface area contributed by atoms with Crippen molar-refractivity contribution in [2.24, 2.45) is 0 Å². The van der Waals surface area contributed by atoms with Crippen LogP contribution in [0.15, 0.2) is 42.5 Å². The molecule has 138 valence electrons. The molecule has 0 radical (unpaired) electrons. The number of nitro benzene ring substituents is 1. The second-order valence-corrected chi connectivity index (χ2v) is 7.02. The quantitative estimate of drug-likeness (QED) is 0.431. The number of aliphatic hydroxyl groups is 1. The summed E-state index contributed by atoms with van der Waals surface area (Å²) < 4.78 is 5.82. The second-order valence-electron chi connectivity index (χ2n) is 7.02. The lowest BCUT2D eigenvalue weighted by Gasteiger charge is -2.42. The predicted octanol–water partition coefficient (Wildman–Crippen LogP) is 2.58. The summed E-state index contributed by atoms with van der Waals surface area (Å²) in [6.45, 7) is 4.15. The third-order valence-corrected chi connectivity index (χ3v) is 4.71. The average Bonchev–Trinajstić information content (AvgIpc) is 2.59. The van der Waals surface area contributed by atoms with Crippen LogP contribution in [-0.2, 0) is 6.42 Å². The van der Waals surface area contributed by atoms with Crippen LogP contribution in [0.25, 0.3) is 0 Å². The summed E-state index contributed by atoms with van der Waals surface area (Å²) in [6.07, 6.45) is -0.0324. The van der Waals surface area contributed by atoms with Crippen molar-refractivity contribution in [1.82, 2.24) is 5.32 Å². The van der Waals surface area contributed by atoms with Crippen molar-refractivity contribution < 1.29 is 14.8 Å². The Morgan fingerprint density at radius 1 is 1.31 bits per heavy atom. The number of hydrogen-bond donors (Lipinski definition) is 3. The Bertz CT molecular complexity index is 808. The SMILES string of the molecule is CC1(C)Oc2cc([N+](=O)[O-])c(N)cc2C(NCCc2ccccc2)C1O. The van der Waals surface area contributed by atoms with Crippen LogP contribution in [0.5, 0.6) is 5.75 Å². The second kappa shape index (κ2) is 6.93. The minimum Gasteiger partial charge on any atom is -0.484 e. The highest BCUT2D eigenvalue weighted by Crippen LogP contribution is 2.43. The molecule has 4 N–H and O–H groups in total. The van der Waals surface area contributed by atoms with Gasteiger partial charge in [0.15, 0.2) is 0 Å². The molecule has 0 fully saturated rings. The molecule has 0 saturated carbocycles. The van der Waals surface area contributed by atoms with Crippen LogP contribution in [0.2, 0.25) is 0 Å². The zero-order valence-corrected chi connectivity index (χ0v) is 14.8. The van der Waals surface area contributed by atoms with Crippen LogP contribution in [0.4, 0.5) is 11.4 Å². The van der Waals surface area contributed by atoms with Gasteiger partial charge in [-0.05, 0) is 38.4 Å². The lowest BCUT2D eigenvalue weighted by atomic mass is 9.86. The molecule has 0 saturated heterocycles. The molecule has 2 aromatic carbocycles. The van der Waals surface area contributed by atoms with E-state index < -0.39 is 22.7 Å². The van der Waals surface area contributed by atoms with Gasteiger partial charge in [-0.1, -0.05) is 30.3 Å². The molecule has 0 aliphatic carbocycles. The molecule has 7 nitrogen and oxygen atoms in total. The molecule has 7 heteroatoms. The highest BCUT2D eigenvalue weighted by Gasteiger charge is 2.43. The summed E-state index contributed by atoms with van der Waals surface area (Å²) in [7, 11) is 0. The van der Waals surface area contributed by atoms with Gasteiger partial charge in [-0.25, -0.2) is 0 Å². The highest BCUT2D eigenvalue weighted by atomic mass is 16.6. The van der Waals surface area contributed by atoms with Crippen molar-refractivity contribution in [2.45, 2.75) is 38.0 Å². The first-order valence-electron chi connectivity index (χ1n) is 8.52. The van der Waals surface area contributed by atoms with Gasteiger partial charge < -0.3 is 20.9 Å². The van der Waals surface area contributed by atoms with Crippen LogP contribution < -0.4 is 15.8 Å². The molecule has 26 heavy (non-hydrogen) atoms. The van der Waals surface area contributed by atoms with Gasteiger partial charge in [0.25, 0.3) is 5.69 Å². The third kappa shape index (κ3) is 3.49. The van der Waals surface area contributed by atoms with E-state index in [1.807, 2.05) is 30.3 Å². The summed E-state index contributed by atoms with van der Waals surface area (Å²) in [5.74, 6) is 0.374. The van der Waals surface area contributed by atoms with Crippen LogP contribution in [-0.4, -0.2) is 28.3 Å². The molecular weight excluding hydrogens is 334 g/mol. The number of nitrogens with two attached hydrogens (primary N) is 1. The van der Waals surface area contributed by atoms with E-state index in [4.69, 9.17) is 10.5 Å². The van der Waals surface area contributed by atoms with Crippen molar-refractivity contribution in [3.8, 4) is 5.75 Å². The molecule has 2 unspecified atom stereocenters. The fourth-order valence-electron chi connectivity index (χ4n) is 3.25. The van der Waals surface area contributed by atoms with Crippen LogP contribution >= 0.6 is 0 Å². The Morgan fingerprint density at radius 3 is 2.65 bits per heavy atom. The molecule has 1 heterocycles. The molecule has 0 spiro atoms. The average molecular weight is 357 g/mol. The van der Waals surface area contributed by atoms with E-state index in [0.29, 0.717) is 17.9 Å². The van der Waals surface area contributed by atoms with E-state index in [0.717, 1.165) is 6.42 Å². The molecule has 1 aliphatic heterocycles. The molecule has 2 aromatic rings. The molecule has 0 aromatic heterocycles. The minimum atomic E-state index is -0.888. The van der Waals surface area contributed by atoms with Gasteiger partial charge in [-0.2, -0.15) is 0 Å². The van der Waals surface area contributed by atoms with Gasteiger partial charge in [0.05, 0.1) is 17.0 Å². The maximum absolute atomic E-state index is 11.1. The minimum absolute atomic E-state index is 0.0547. The van der Waals surface area contributed by atoms with E-state index in [-0.39, 0.29) is 11.4 Å². The molecule has 0 bridgehead atoms.